The van der Waals surface area contributed by atoms with Crippen LogP contribution in [0.5, 0.6) is 11.5 Å². The Balaban J connectivity index is 1.48. The van der Waals surface area contributed by atoms with Crippen molar-refractivity contribution in [2.45, 2.75) is 33.5 Å². The molecule has 0 aromatic heterocycles. The molecule has 1 unspecified atom stereocenters. The highest BCUT2D eigenvalue weighted by Gasteiger charge is 2.17. The van der Waals surface area contributed by atoms with Gasteiger partial charge in [0.05, 0.1) is 6.61 Å². The van der Waals surface area contributed by atoms with E-state index in [4.69, 9.17) is 14.2 Å². The zero-order chi connectivity index (χ0) is 24.5. The quantitative estimate of drug-likeness (QED) is 0.165. The third-order valence-electron chi connectivity index (χ3n) is 5.92. The van der Waals surface area contributed by atoms with E-state index in [0.29, 0.717) is 13.2 Å². The molecular weight excluding hydrogens is 432 g/mol. The number of aryl methyl sites for hydroxylation is 1. The van der Waals surface area contributed by atoms with Crippen molar-refractivity contribution in [1.82, 2.24) is 0 Å². The first-order valence-electron chi connectivity index (χ1n) is 12.4. The van der Waals surface area contributed by atoms with Crippen molar-refractivity contribution in [3.8, 4) is 33.8 Å². The minimum atomic E-state index is -0.343. The van der Waals surface area contributed by atoms with Crippen LogP contribution in [0.4, 0.5) is 0 Å². The molecule has 0 N–H and O–H groups in total. The van der Waals surface area contributed by atoms with Gasteiger partial charge in [0.25, 0.3) is 0 Å². The molecule has 0 spiro atoms. The Kier molecular flexibility index (Phi) is 8.58. The van der Waals surface area contributed by atoms with E-state index in [1.807, 2.05) is 24.3 Å². The first-order valence-corrected chi connectivity index (χ1v) is 12.4. The summed E-state index contributed by atoms with van der Waals surface area (Å²) in [6, 6.07) is 35.2. The second-order valence-electron chi connectivity index (χ2n) is 8.86. The smallest absolute Gasteiger partial charge is 0.202 e. The van der Waals surface area contributed by atoms with Crippen LogP contribution in [0.2, 0.25) is 0 Å². The molecule has 0 saturated heterocycles. The Morgan fingerprint density at radius 3 is 1.71 bits per heavy atom. The van der Waals surface area contributed by atoms with E-state index >= 15 is 0 Å². The average Bonchev–Trinajstić information content (AvgIpc) is 2.91. The van der Waals surface area contributed by atoms with Gasteiger partial charge in [-0.1, -0.05) is 112 Å². The van der Waals surface area contributed by atoms with Gasteiger partial charge in [-0.3, -0.25) is 0 Å². The van der Waals surface area contributed by atoms with E-state index in [-0.39, 0.29) is 12.2 Å². The summed E-state index contributed by atoms with van der Waals surface area (Å²) >= 11 is 0. The van der Waals surface area contributed by atoms with Crippen LogP contribution in [0.3, 0.4) is 0 Å². The first kappa shape index (κ1) is 24.6. The lowest BCUT2D eigenvalue weighted by molar-refractivity contribution is -0.113. The van der Waals surface area contributed by atoms with Crippen LogP contribution in [0.25, 0.3) is 22.3 Å². The van der Waals surface area contributed by atoms with Gasteiger partial charge in [-0.2, -0.15) is 0 Å². The Morgan fingerprint density at radius 1 is 0.629 bits per heavy atom. The summed E-state index contributed by atoms with van der Waals surface area (Å²) in [5.41, 5.74) is 5.68. The molecule has 0 amide bonds. The molecule has 35 heavy (non-hydrogen) atoms. The van der Waals surface area contributed by atoms with Gasteiger partial charge < -0.3 is 14.2 Å². The second-order valence-corrected chi connectivity index (χ2v) is 8.86. The minimum absolute atomic E-state index is 0.206. The van der Waals surface area contributed by atoms with Crippen LogP contribution in [0.15, 0.2) is 103 Å². The van der Waals surface area contributed by atoms with Crippen LogP contribution in [-0.4, -0.2) is 19.5 Å². The first-order chi connectivity index (χ1) is 17.2. The highest BCUT2D eigenvalue weighted by atomic mass is 16.7. The summed E-state index contributed by atoms with van der Waals surface area (Å²) in [5.74, 6) is 1.89. The van der Waals surface area contributed by atoms with E-state index in [1.54, 1.807) is 0 Å². The number of para-hydroxylation sites is 1. The molecule has 180 valence electrons. The van der Waals surface area contributed by atoms with Crippen molar-refractivity contribution in [1.29, 1.82) is 0 Å². The molecule has 1 atom stereocenters. The summed E-state index contributed by atoms with van der Waals surface area (Å²) in [4.78, 5) is 0. The normalized spacial score (nSPS) is 11.9. The summed E-state index contributed by atoms with van der Waals surface area (Å²) in [7, 11) is 0. The zero-order valence-electron chi connectivity index (χ0n) is 20.8. The van der Waals surface area contributed by atoms with E-state index in [9.17, 15) is 0 Å². The number of rotatable bonds is 11. The summed E-state index contributed by atoms with van der Waals surface area (Å²) in [6.07, 6.45) is 0.668. The highest BCUT2D eigenvalue weighted by molar-refractivity contribution is 5.82. The lowest BCUT2D eigenvalue weighted by atomic mass is 9.97. The van der Waals surface area contributed by atoms with Gasteiger partial charge in [0.15, 0.2) is 0 Å². The third-order valence-corrected chi connectivity index (χ3v) is 5.92. The summed E-state index contributed by atoms with van der Waals surface area (Å²) in [5, 5.41) is 0. The summed E-state index contributed by atoms with van der Waals surface area (Å²) in [6.45, 7) is 7.20. The molecule has 0 radical (unpaired) electrons. The maximum Gasteiger partial charge on any atom is 0.202 e. The van der Waals surface area contributed by atoms with Crippen molar-refractivity contribution in [2.24, 2.45) is 5.92 Å². The van der Waals surface area contributed by atoms with Gasteiger partial charge in [0, 0.05) is 17.0 Å². The van der Waals surface area contributed by atoms with Crippen molar-refractivity contribution in [3.63, 3.8) is 0 Å². The van der Waals surface area contributed by atoms with Gasteiger partial charge in [-0.25, -0.2) is 0 Å². The molecule has 0 heterocycles. The summed E-state index contributed by atoms with van der Waals surface area (Å²) < 4.78 is 18.7. The maximum atomic E-state index is 6.41. The van der Waals surface area contributed by atoms with Crippen LogP contribution < -0.4 is 9.47 Å². The second kappa shape index (κ2) is 12.2. The fraction of sp³-hybridized carbons (Fsp3) is 0.250. The topological polar surface area (TPSA) is 27.7 Å². The van der Waals surface area contributed by atoms with Crippen LogP contribution in [0.1, 0.15) is 26.3 Å². The molecule has 0 aliphatic heterocycles. The monoisotopic (exact) mass is 466 g/mol. The van der Waals surface area contributed by atoms with Crippen molar-refractivity contribution in [2.75, 3.05) is 13.2 Å². The molecule has 0 aliphatic rings. The molecule has 3 heteroatoms. The molecule has 3 nitrogen and oxygen atoms in total. The Morgan fingerprint density at radius 2 is 1.20 bits per heavy atom. The predicted octanol–water partition coefficient (Wildman–Crippen LogP) is 8.04. The van der Waals surface area contributed by atoms with Crippen molar-refractivity contribution >= 4 is 0 Å². The van der Waals surface area contributed by atoms with Gasteiger partial charge in [0.2, 0.25) is 6.29 Å². The van der Waals surface area contributed by atoms with Gasteiger partial charge in [0.1, 0.15) is 18.1 Å². The van der Waals surface area contributed by atoms with Gasteiger partial charge in [-0.05, 0) is 35.2 Å². The Hall–Kier alpha value is -3.56. The predicted molar refractivity (Wildman–Crippen MR) is 144 cm³/mol. The Labute approximate surface area is 209 Å². The van der Waals surface area contributed by atoms with Crippen LogP contribution >= 0.6 is 0 Å². The number of hydrogen-bond acceptors (Lipinski definition) is 3. The molecule has 0 bridgehead atoms. The number of hydrogen-bond donors (Lipinski definition) is 0. The molecule has 4 rings (SSSR count). The molecule has 4 aromatic carbocycles. The van der Waals surface area contributed by atoms with Crippen molar-refractivity contribution in [3.05, 3.63) is 109 Å². The fourth-order valence-corrected chi connectivity index (χ4v) is 3.99. The zero-order valence-corrected chi connectivity index (χ0v) is 20.8. The number of benzene rings is 4. The molecule has 0 aliphatic carbocycles. The van der Waals surface area contributed by atoms with Crippen LogP contribution in [0, 0.1) is 5.92 Å². The average molecular weight is 467 g/mol. The largest absolute Gasteiger partial charge is 0.490 e. The van der Waals surface area contributed by atoms with E-state index in [0.717, 1.165) is 40.2 Å². The standard InChI is InChI=1S/C32H34O3/c1-4-25-18-20-28(21-19-25)35-32(24(2)3)34-23-22-33-31-29(26-12-7-5-8-13-26)16-11-17-30(31)27-14-9-6-10-15-27/h5-21,24,32H,4,22-23H2,1-3H3. The number of ether oxygens (including phenoxy) is 3. The van der Waals surface area contributed by atoms with Crippen LogP contribution in [-0.2, 0) is 11.2 Å². The lowest BCUT2D eigenvalue weighted by Gasteiger charge is -2.23. The minimum Gasteiger partial charge on any atom is -0.490 e. The lowest BCUT2D eigenvalue weighted by Crippen LogP contribution is -2.28. The molecule has 0 fully saturated rings. The fourth-order valence-electron chi connectivity index (χ4n) is 3.99. The molecular formula is C32H34O3. The van der Waals surface area contributed by atoms with E-state index in [1.165, 1.54) is 5.56 Å². The Bertz CT molecular complexity index is 1110. The molecule has 0 saturated carbocycles. The van der Waals surface area contributed by atoms with Gasteiger partial charge in [-0.15, -0.1) is 0 Å². The maximum absolute atomic E-state index is 6.41. The molecule has 4 aromatic rings. The highest BCUT2D eigenvalue weighted by Crippen LogP contribution is 2.39. The van der Waals surface area contributed by atoms with Gasteiger partial charge >= 0.3 is 0 Å². The van der Waals surface area contributed by atoms with E-state index in [2.05, 4.69) is 99.6 Å². The SMILES string of the molecule is CCc1ccc(OC(OCCOc2c(-c3ccccc3)cccc2-c2ccccc2)C(C)C)cc1. The third kappa shape index (κ3) is 6.52. The van der Waals surface area contributed by atoms with E-state index < -0.39 is 0 Å². The van der Waals surface area contributed by atoms with Crippen molar-refractivity contribution < 1.29 is 14.2 Å².